The molecule has 0 bridgehead atoms. The molecule has 0 aliphatic rings. The molecule has 6 heteroatoms. The van der Waals surface area contributed by atoms with Crippen LogP contribution >= 0.6 is 11.3 Å². The Labute approximate surface area is 118 Å². The van der Waals surface area contributed by atoms with E-state index in [0.717, 1.165) is 17.7 Å². The summed E-state index contributed by atoms with van der Waals surface area (Å²) in [6.07, 6.45) is 0. The lowest BCUT2D eigenvalue weighted by molar-refractivity contribution is 0.0571. The molecule has 108 valence electrons. The molecule has 2 nitrogen and oxygen atoms in total. The standard InChI is InChI=1S/C14H14F3NOS/c1-14(19,10-2-3-20-7-10)8-18-6-9-4-11(15)13(17)12(16)5-9/h2-5,7,18-19H,6,8H2,1H3. The van der Waals surface area contributed by atoms with Gasteiger partial charge < -0.3 is 10.4 Å². The molecule has 0 amide bonds. The minimum Gasteiger partial charge on any atom is -0.384 e. The van der Waals surface area contributed by atoms with Gasteiger partial charge in [0.1, 0.15) is 0 Å². The third-order valence-corrected chi connectivity index (χ3v) is 3.67. The molecular formula is C14H14F3NOS. The number of hydrogen-bond donors (Lipinski definition) is 2. The largest absolute Gasteiger partial charge is 0.384 e. The maximum absolute atomic E-state index is 13.0. The Morgan fingerprint density at radius 2 is 1.90 bits per heavy atom. The minimum atomic E-state index is -1.47. The summed E-state index contributed by atoms with van der Waals surface area (Å²) in [6, 6.07) is 3.68. The summed E-state index contributed by atoms with van der Waals surface area (Å²) >= 11 is 1.47. The molecule has 0 radical (unpaired) electrons. The van der Waals surface area contributed by atoms with E-state index < -0.39 is 23.1 Å². The van der Waals surface area contributed by atoms with Crippen molar-refractivity contribution in [3.05, 3.63) is 57.5 Å². The molecule has 0 saturated heterocycles. The topological polar surface area (TPSA) is 32.3 Å². The van der Waals surface area contributed by atoms with Crippen LogP contribution in [0.25, 0.3) is 0 Å². The van der Waals surface area contributed by atoms with Crippen molar-refractivity contribution in [2.45, 2.75) is 19.1 Å². The Balaban J connectivity index is 1.96. The maximum Gasteiger partial charge on any atom is 0.194 e. The summed E-state index contributed by atoms with van der Waals surface area (Å²) in [7, 11) is 0. The van der Waals surface area contributed by atoms with Crippen molar-refractivity contribution in [3.8, 4) is 0 Å². The quantitative estimate of drug-likeness (QED) is 0.832. The molecule has 1 atom stereocenters. The third-order valence-electron chi connectivity index (χ3n) is 2.99. The predicted molar refractivity (Wildman–Crippen MR) is 71.9 cm³/mol. The lowest BCUT2D eigenvalue weighted by Gasteiger charge is -2.23. The van der Waals surface area contributed by atoms with Crippen molar-refractivity contribution in [2.75, 3.05) is 6.54 Å². The Hall–Kier alpha value is -1.37. The molecule has 0 fully saturated rings. The highest BCUT2D eigenvalue weighted by Gasteiger charge is 2.22. The highest BCUT2D eigenvalue weighted by atomic mass is 32.1. The van der Waals surface area contributed by atoms with E-state index in [2.05, 4.69) is 5.32 Å². The van der Waals surface area contributed by atoms with Crippen molar-refractivity contribution >= 4 is 11.3 Å². The molecule has 2 rings (SSSR count). The highest BCUT2D eigenvalue weighted by Crippen LogP contribution is 2.22. The van der Waals surface area contributed by atoms with Gasteiger partial charge in [0, 0.05) is 13.1 Å². The van der Waals surface area contributed by atoms with Gasteiger partial charge >= 0.3 is 0 Å². The van der Waals surface area contributed by atoms with Crippen molar-refractivity contribution in [3.63, 3.8) is 0 Å². The monoisotopic (exact) mass is 301 g/mol. The summed E-state index contributed by atoms with van der Waals surface area (Å²) in [5.74, 6) is -3.91. The van der Waals surface area contributed by atoms with E-state index >= 15 is 0 Å². The minimum absolute atomic E-state index is 0.133. The third kappa shape index (κ3) is 3.39. The summed E-state index contributed by atoms with van der Waals surface area (Å²) in [5, 5.41) is 16.8. The van der Waals surface area contributed by atoms with Crippen LogP contribution in [-0.4, -0.2) is 11.7 Å². The molecule has 1 aromatic carbocycles. The Bertz CT molecular complexity index is 561. The van der Waals surface area contributed by atoms with E-state index in [1.165, 1.54) is 11.3 Å². The first-order valence-electron chi connectivity index (χ1n) is 5.99. The van der Waals surface area contributed by atoms with Crippen LogP contribution in [0, 0.1) is 17.5 Å². The zero-order valence-electron chi connectivity index (χ0n) is 10.8. The number of rotatable bonds is 5. The fourth-order valence-electron chi connectivity index (χ4n) is 1.83. The van der Waals surface area contributed by atoms with E-state index in [4.69, 9.17) is 0 Å². The van der Waals surface area contributed by atoms with Crippen molar-refractivity contribution < 1.29 is 18.3 Å². The van der Waals surface area contributed by atoms with Crippen LogP contribution in [-0.2, 0) is 12.1 Å². The molecule has 20 heavy (non-hydrogen) atoms. The first-order chi connectivity index (χ1) is 9.40. The van der Waals surface area contributed by atoms with Gasteiger partial charge in [-0.05, 0) is 47.0 Å². The Kier molecular flexibility index (Phi) is 4.47. The van der Waals surface area contributed by atoms with Gasteiger partial charge in [-0.15, -0.1) is 0 Å². The van der Waals surface area contributed by atoms with Gasteiger partial charge in [-0.3, -0.25) is 0 Å². The van der Waals surface area contributed by atoms with Crippen LogP contribution in [0.2, 0.25) is 0 Å². The molecular weight excluding hydrogens is 287 g/mol. The molecule has 0 aliphatic carbocycles. The van der Waals surface area contributed by atoms with E-state index in [1.807, 2.05) is 16.8 Å². The van der Waals surface area contributed by atoms with Gasteiger partial charge in [-0.2, -0.15) is 11.3 Å². The fourth-order valence-corrected chi connectivity index (χ4v) is 2.62. The second kappa shape index (κ2) is 5.95. The van der Waals surface area contributed by atoms with Gasteiger partial charge in [0.15, 0.2) is 17.5 Å². The zero-order chi connectivity index (χ0) is 14.8. The Morgan fingerprint density at radius 3 is 2.45 bits per heavy atom. The average molecular weight is 301 g/mol. The molecule has 1 aromatic heterocycles. The van der Waals surface area contributed by atoms with E-state index in [0.29, 0.717) is 0 Å². The predicted octanol–water partition coefficient (Wildman–Crippen LogP) is 3.16. The second-order valence-corrected chi connectivity index (χ2v) is 5.54. The van der Waals surface area contributed by atoms with Gasteiger partial charge in [-0.1, -0.05) is 0 Å². The van der Waals surface area contributed by atoms with Crippen LogP contribution in [0.15, 0.2) is 29.0 Å². The number of aliphatic hydroxyl groups is 1. The molecule has 0 saturated carbocycles. The first kappa shape index (κ1) is 15.0. The number of thiophene rings is 1. The van der Waals surface area contributed by atoms with E-state index in [-0.39, 0.29) is 18.7 Å². The SMILES string of the molecule is CC(O)(CNCc1cc(F)c(F)c(F)c1)c1ccsc1. The molecule has 1 heterocycles. The van der Waals surface area contributed by atoms with Gasteiger partial charge in [0.05, 0.1) is 5.60 Å². The van der Waals surface area contributed by atoms with Crippen LogP contribution in [0.4, 0.5) is 13.2 Å². The van der Waals surface area contributed by atoms with E-state index in [9.17, 15) is 18.3 Å². The summed E-state index contributed by atoms with van der Waals surface area (Å²) < 4.78 is 38.9. The lowest BCUT2D eigenvalue weighted by atomic mass is 9.99. The van der Waals surface area contributed by atoms with Crippen LogP contribution in [0.5, 0.6) is 0 Å². The normalized spacial score (nSPS) is 14.2. The smallest absolute Gasteiger partial charge is 0.194 e. The highest BCUT2D eigenvalue weighted by molar-refractivity contribution is 7.08. The second-order valence-electron chi connectivity index (χ2n) is 4.76. The van der Waals surface area contributed by atoms with Gasteiger partial charge in [0.25, 0.3) is 0 Å². The number of halogens is 3. The van der Waals surface area contributed by atoms with Crippen LogP contribution in [0.1, 0.15) is 18.1 Å². The first-order valence-corrected chi connectivity index (χ1v) is 6.93. The fraction of sp³-hybridized carbons (Fsp3) is 0.286. The average Bonchev–Trinajstić information content (AvgIpc) is 2.90. The molecule has 1 unspecified atom stereocenters. The van der Waals surface area contributed by atoms with Crippen LogP contribution < -0.4 is 5.32 Å². The van der Waals surface area contributed by atoms with Crippen molar-refractivity contribution in [1.82, 2.24) is 5.32 Å². The zero-order valence-corrected chi connectivity index (χ0v) is 11.6. The molecule has 0 spiro atoms. The summed E-state index contributed by atoms with van der Waals surface area (Å²) in [6.45, 7) is 1.99. The molecule has 2 aromatic rings. The van der Waals surface area contributed by atoms with Gasteiger partial charge in [0.2, 0.25) is 0 Å². The summed E-state index contributed by atoms with van der Waals surface area (Å²) in [4.78, 5) is 0. The van der Waals surface area contributed by atoms with Crippen molar-refractivity contribution in [2.24, 2.45) is 0 Å². The summed E-state index contributed by atoms with van der Waals surface area (Å²) in [5.41, 5.74) is -0.0223. The van der Waals surface area contributed by atoms with E-state index in [1.54, 1.807) is 6.92 Å². The maximum atomic E-state index is 13.0. The Morgan fingerprint density at radius 1 is 1.25 bits per heavy atom. The number of benzene rings is 1. The lowest BCUT2D eigenvalue weighted by Crippen LogP contribution is -2.34. The number of hydrogen-bond acceptors (Lipinski definition) is 3. The van der Waals surface area contributed by atoms with Crippen molar-refractivity contribution in [1.29, 1.82) is 0 Å². The van der Waals surface area contributed by atoms with Gasteiger partial charge in [-0.25, -0.2) is 13.2 Å². The molecule has 2 N–H and O–H groups in total. The molecule has 0 aliphatic heterocycles. The van der Waals surface area contributed by atoms with Crippen LogP contribution in [0.3, 0.4) is 0 Å². The number of nitrogens with one attached hydrogen (secondary N) is 1.